The molecule has 2 heterocycles. The van der Waals surface area contributed by atoms with Gasteiger partial charge in [0, 0.05) is 10.4 Å². The van der Waals surface area contributed by atoms with Crippen molar-refractivity contribution < 1.29 is 0 Å². The minimum Gasteiger partial charge on any atom is -0.323 e. The summed E-state index contributed by atoms with van der Waals surface area (Å²) < 4.78 is 0.393. The number of rotatable bonds is 0. The van der Waals surface area contributed by atoms with Crippen LogP contribution < -0.4 is 5.56 Å². The Morgan fingerprint density at radius 2 is 2.00 bits per heavy atom. The molecule has 2 aromatic heterocycles. The number of hydrogen-bond donors (Lipinski definition) is 2. The zero-order valence-corrected chi connectivity index (χ0v) is 11.6. The molecule has 1 aliphatic rings. The van der Waals surface area contributed by atoms with E-state index in [-0.39, 0.29) is 5.56 Å². The zero-order valence-electron chi connectivity index (χ0n) is 9.95. The summed E-state index contributed by atoms with van der Waals surface area (Å²) in [4.78, 5) is 20.2. The van der Waals surface area contributed by atoms with Crippen LogP contribution in [0.15, 0.2) is 29.1 Å². The quantitative estimate of drug-likeness (QED) is 0.622. The van der Waals surface area contributed by atoms with Gasteiger partial charge in [0.2, 0.25) is 0 Å². The summed E-state index contributed by atoms with van der Waals surface area (Å²) in [5.74, 6) is 0. The molecule has 94 valence electrons. The second-order valence-corrected chi connectivity index (χ2v) is 6.18. The molecule has 0 radical (unpaired) electrons. The third-order valence-corrected chi connectivity index (χ3v) is 4.94. The molecule has 0 saturated heterocycles. The van der Waals surface area contributed by atoms with Crippen LogP contribution in [0.2, 0.25) is 0 Å². The van der Waals surface area contributed by atoms with Crippen LogP contribution >= 0.6 is 23.6 Å². The molecule has 2 N–H and O–H groups in total. The van der Waals surface area contributed by atoms with Crippen LogP contribution in [-0.2, 0) is 12.8 Å². The first-order valence-electron chi connectivity index (χ1n) is 6.10. The number of fused-ring (bicyclic) bond motifs is 5. The normalized spacial score (nSPS) is 13.3. The van der Waals surface area contributed by atoms with Gasteiger partial charge < -0.3 is 4.98 Å². The van der Waals surface area contributed by atoms with Crippen molar-refractivity contribution in [2.75, 3.05) is 0 Å². The Hall–Kier alpha value is -1.72. The van der Waals surface area contributed by atoms with Gasteiger partial charge in [0.1, 0.15) is 4.83 Å². The molecule has 0 atom stereocenters. The average Bonchev–Trinajstić information content (AvgIpc) is 2.77. The Kier molecular flexibility index (Phi) is 2.28. The molecule has 0 bridgehead atoms. The molecule has 19 heavy (non-hydrogen) atoms. The molecule has 3 nitrogen and oxygen atoms in total. The fourth-order valence-corrected chi connectivity index (χ4v) is 4.25. The van der Waals surface area contributed by atoms with Crippen molar-refractivity contribution >= 4 is 33.8 Å². The van der Waals surface area contributed by atoms with E-state index >= 15 is 0 Å². The summed E-state index contributed by atoms with van der Waals surface area (Å²) in [6.07, 6.45) is 2.03. The van der Waals surface area contributed by atoms with Crippen molar-refractivity contribution in [2.24, 2.45) is 0 Å². The molecule has 0 aliphatic heterocycles. The van der Waals surface area contributed by atoms with Gasteiger partial charge in [0.15, 0.2) is 4.77 Å². The minimum atomic E-state index is -0.0899. The molecule has 1 aliphatic carbocycles. The van der Waals surface area contributed by atoms with Gasteiger partial charge in [0.05, 0.1) is 5.39 Å². The van der Waals surface area contributed by atoms with Gasteiger partial charge in [-0.2, -0.15) is 0 Å². The first-order valence-corrected chi connectivity index (χ1v) is 7.33. The van der Waals surface area contributed by atoms with E-state index in [4.69, 9.17) is 12.2 Å². The van der Waals surface area contributed by atoms with Crippen LogP contribution in [0.25, 0.3) is 21.3 Å². The molecule has 0 unspecified atom stereocenters. The largest absolute Gasteiger partial charge is 0.323 e. The first kappa shape index (κ1) is 11.1. The summed E-state index contributed by atoms with van der Waals surface area (Å²) in [6.45, 7) is 0. The van der Waals surface area contributed by atoms with Crippen LogP contribution in [0, 0.1) is 4.77 Å². The number of aromatic amines is 2. The standard InChI is InChI=1S/C14H10N2OS2/c17-12-11-10-8-4-2-1-3-7(8)5-6-9(10)19-13(11)16-14(18)15-12/h1-4H,5-6H2,(H2,15,16,17,18). The van der Waals surface area contributed by atoms with Gasteiger partial charge in [-0.05, 0) is 36.2 Å². The number of hydrogen-bond acceptors (Lipinski definition) is 3. The highest BCUT2D eigenvalue weighted by molar-refractivity contribution is 7.71. The molecule has 5 heteroatoms. The van der Waals surface area contributed by atoms with E-state index in [9.17, 15) is 4.79 Å². The van der Waals surface area contributed by atoms with Gasteiger partial charge in [-0.15, -0.1) is 11.3 Å². The second-order valence-electron chi connectivity index (χ2n) is 4.67. The average molecular weight is 286 g/mol. The summed E-state index contributed by atoms with van der Waals surface area (Å²) >= 11 is 6.69. The van der Waals surface area contributed by atoms with E-state index in [0.717, 1.165) is 28.6 Å². The Morgan fingerprint density at radius 1 is 1.16 bits per heavy atom. The first-order chi connectivity index (χ1) is 9.24. The van der Waals surface area contributed by atoms with Gasteiger partial charge in [-0.3, -0.25) is 9.78 Å². The number of benzene rings is 1. The lowest BCUT2D eigenvalue weighted by Gasteiger charge is -2.15. The van der Waals surface area contributed by atoms with Gasteiger partial charge in [-0.25, -0.2) is 0 Å². The van der Waals surface area contributed by atoms with Gasteiger partial charge >= 0.3 is 0 Å². The predicted octanol–water partition coefficient (Wildman–Crippen LogP) is 3.41. The summed E-state index contributed by atoms with van der Waals surface area (Å²) in [5, 5.41) is 0.751. The van der Waals surface area contributed by atoms with E-state index in [1.807, 2.05) is 6.07 Å². The number of thiophene rings is 1. The van der Waals surface area contributed by atoms with Crippen molar-refractivity contribution in [2.45, 2.75) is 12.8 Å². The predicted molar refractivity (Wildman–Crippen MR) is 80.5 cm³/mol. The molecule has 0 saturated carbocycles. The molecular weight excluding hydrogens is 276 g/mol. The van der Waals surface area contributed by atoms with Crippen LogP contribution in [0.5, 0.6) is 0 Å². The van der Waals surface area contributed by atoms with Crippen molar-refractivity contribution in [1.82, 2.24) is 9.97 Å². The third-order valence-electron chi connectivity index (χ3n) is 3.57. The highest BCUT2D eigenvalue weighted by atomic mass is 32.1. The highest BCUT2D eigenvalue weighted by Crippen LogP contribution is 2.41. The van der Waals surface area contributed by atoms with E-state index in [1.54, 1.807) is 11.3 Å². The SMILES string of the molecule is O=c1[nH]c(=S)[nH]c2sc3c(c12)-c1ccccc1CC3. The van der Waals surface area contributed by atoms with Crippen LogP contribution in [0.3, 0.4) is 0 Å². The smallest absolute Gasteiger partial charge is 0.261 e. The van der Waals surface area contributed by atoms with E-state index in [2.05, 4.69) is 28.2 Å². The lowest BCUT2D eigenvalue weighted by molar-refractivity contribution is 0.965. The van der Waals surface area contributed by atoms with E-state index < -0.39 is 0 Å². The van der Waals surface area contributed by atoms with Crippen molar-refractivity contribution in [3.63, 3.8) is 0 Å². The van der Waals surface area contributed by atoms with Crippen LogP contribution in [0.1, 0.15) is 10.4 Å². The van der Waals surface area contributed by atoms with Crippen molar-refractivity contribution in [1.29, 1.82) is 0 Å². The number of nitrogens with one attached hydrogen (secondary N) is 2. The monoisotopic (exact) mass is 286 g/mol. The molecular formula is C14H10N2OS2. The molecule has 0 spiro atoms. The molecule has 1 aromatic carbocycles. The lowest BCUT2D eigenvalue weighted by Crippen LogP contribution is -2.09. The maximum absolute atomic E-state index is 12.2. The summed E-state index contributed by atoms with van der Waals surface area (Å²) in [6, 6.07) is 8.31. The lowest BCUT2D eigenvalue weighted by atomic mass is 9.89. The fraction of sp³-hybridized carbons (Fsp3) is 0.143. The number of aromatic nitrogens is 2. The van der Waals surface area contributed by atoms with E-state index in [0.29, 0.717) is 4.77 Å². The van der Waals surface area contributed by atoms with Crippen LogP contribution in [0.4, 0.5) is 0 Å². The van der Waals surface area contributed by atoms with E-state index in [1.165, 1.54) is 16.0 Å². The second kappa shape index (κ2) is 3.88. The number of H-pyrrole nitrogens is 2. The Balaban J connectivity index is 2.21. The molecule has 3 aromatic rings. The van der Waals surface area contributed by atoms with Crippen molar-refractivity contribution in [3.8, 4) is 11.1 Å². The maximum atomic E-state index is 12.2. The summed E-state index contributed by atoms with van der Waals surface area (Å²) in [7, 11) is 0. The topological polar surface area (TPSA) is 48.6 Å². The maximum Gasteiger partial charge on any atom is 0.261 e. The van der Waals surface area contributed by atoms with Gasteiger partial charge in [-0.1, -0.05) is 24.3 Å². The molecule has 0 amide bonds. The Morgan fingerprint density at radius 3 is 2.89 bits per heavy atom. The zero-order chi connectivity index (χ0) is 13.0. The Labute approximate surface area is 117 Å². The highest BCUT2D eigenvalue weighted by Gasteiger charge is 2.22. The van der Waals surface area contributed by atoms with Gasteiger partial charge in [0.25, 0.3) is 5.56 Å². The van der Waals surface area contributed by atoms with Crippen LogP contribution in [-0.4, -0.2) is 9.97 Å². The minimum absolute atomic E-state index is 0.0899. The number of aryl methyl sites for hydroxylation is 2. The summed E-state index contributed by atoms with van der Waals surface area (Å²) in [5.41, 5.74) is 3.50. The molecule has 0 fully saturated rings. The fourth-order valence-electron chi connectivity index (χ4n) is 2.77. The van der Waals surface area contributed by atoms with Crippen molar-refractivity contribution in [3.05, 3.63) is 49.8 Å². The Bertz CT molecular complexity index is 917. The third kappa shape index (κ3) is 1.55. The molecule has 4 rings (SSSR count).